The minimum absolute atomic E-state index is 0.132. The van der Waals surface area contributed by atoms with E-state index >= 15 is 0 Å². The predicted molar refractivity (Wildman–Crippen MR) is 203 cm³/mol. The first-order valence-corrected chi connectivity index (χ1v) is 19.2. The SMILES string of the molecule is COc1ccccc1P(CC(CP(c1ccccc1OC)c1ccccc1OC)OCc1c(C)cc(C)cc1C)c1ccccc1OC. The van der Waals surface area contributed by atoms with Gasteiger partial charge in [0.15, 0.2) is 0 Å². The van der Waals surface area contributed by atoms with Gasteiger partial charge in [0.05, 0.1) is 41.2 Å². The third-order valence-corrected chi connectivity index (χ3v) is 13.9. The number of ether oxygens (including phenoxy) is 5. The zero-order chi connectivity index (χ0) is 34.0. The van der Waals surface area contributed by atoms with Crippen LogP contribution >= 0.6 is 15.8 Å². The first kappa shape index (κ1) is 35.4. The molecule has 0 radical (unpaired) electrons. The van der Waals surface area contributed by atoms with E-state index in [2.05, 4.69) is 81.4 Å². The van der Waals surface area contributed by atoms with Crippen molar-refractivity contribution in [1.29, 1.82) is 0 Å². The number of methoxy groups -OCH3 is 4. The second-order valence-corrected chi connectivity index (χ2v) is 16.1. The lowest BCUT2D eigenvalue weighted by Gasteiger charge is -2.31. The van der Waals surface area contributed by atoms with Gasteiger partial charge in [0, 0.05) is 33.5 Å². The maximum atomic E-state index is 7.14. The van der Waals surface area contributed by atoms with E-state index in [0.29, 0.717) is 6.61 Å². The van der Waals surface area contributed by atoms with Crippen LogP contribution in [0.4, 0.5) is 0 Å². The minimum Gasteiger partial charge on any atom is -0.496 e. The number of para-hydroxylation sites is 4. The van der Waals surface area contributed by atoms with Crippen molar-refractivity contribution in [2.24, 2.45) is 0 Å². The van der Waals surface area contributed by atoms with Crippen LogP contribution in [-0.2, 0) is 11.3 Å². The smallest absolute Gasteiger partial charge is 0.126 e. The van der Waals surface area contributed by atoms with E-state index in [0.717, 1.165) is 56.5 Å². The van der Waals surface area contributed by atoms with Gasteiger partial charge in [-0.15, -0.1) is 0 Å². The highest BCUT2D eigenvalue weighted by Crippen LogP contribution is 2.46. The molecule has 0 saturated carbocycles. The van der Waals surface area contributed by atoms with Gasteiger partial charge in [-0.3, -0.25) is 0 Å². The summed E-state index contributed by atoms with van der Waals surface area (Å²) >= 11 is 0. The van der Waals surface area contributed by atoms with Crippen molar-refractivity contribution in [1.82, 2.24) is 0 Å². The van der Waals surface area contributed by atoms with Crippen LogP contribution in [0.25, 0.3) is 0 Å². The Labute approximate surface area is 288 Å². The third-order valence-electron chi connectivity index (χ3n) is 8.58. The maximum Gasteiger partial charge on any atom is 0.126 e. The molecule has 0 aliphatic heterocycles. The van der Waals surface area contributed by atoms with E-state index in [1.54, 1.807) is 28.4 Å². The maximum absolute atomic E-state index is 7.14. The summed E-state index contributed by atoms with van der Waals surface area (Å²) in [6.45, 7) is 7.03. The van der Waals surface area contributed by atoms with Crippen LogP contribution < -0.4 is 40.2 Å². The highest BCUT2D eigenvalue weighted by atomic mass is 31.1. The molecule has 0 aromatic heterocycles. The third kappa shape index (κ3) is 8.21. The van der Waals surface area contributed by atoms with Crippen molar-refractivity contribution in [2.45, 2.75) is 33.5 Å². The summed E-state index contributed by atoms with van der Waals surface area (Å²) in [7, 11) is 5.05. The van der Waals surface area contributed by atoms with Crippen molar-refractivity contribution >= 4 is 37.1 Å². The van der Waals surface area contributed by atoms with Gasteiger partial charge < -0.3 is 23.7 Å². The Morgan fingerprint density at radius 3 is 1.10 bits per heavy atom. The van der Waals surface area contributed by atoms with Crippen LogP contribution in [0.15, 0.2) is 109 Å². The highest BCUT2D eigenvalue weighted by Gasteiger charge is 2.30. The van der Waals surface area contributed by atoms with Crippen LogP contribution in [0.2, 0.25) is 0 Å². The Balaban J connectivity index is 1.65. The molecular weight excluding hydrogens is 634 g/mol. The summed E-state index contributed by atoms with van der Waals surface area (Å²) in [4.78, 5) is 0. The summed E-state index contributed by atoms with van der Waals surface area (Å²) in [6.07, 6.45) is 1.40. The van der Waals surface area contributed by atoms with Gasteiger partial charge >= 0.3 is 0 Å². The first-order valence-electron chi connectivity index (χ1n) is 16.1. The van der Waals surface area contributed by atoms with Gasteiger partial charge in [-0.05, 0) is 77.6 Å². The van der Waals surface area contributed by atoms with E-state index in [4.69, 9.17) is 23.7 Å². The van der Waals surface area contributed by atoms with E-state index < -0.39 is 15.8 Å². The van der Waals surface area contributed by atoms with E-state index in [1.807, 2.05) is 48.5 Å². The first-order chi connectivity index (χ1) is 23.4. The fourth-order valence-corrected chi connectivity index (χ4v) is 11.9. The molecule has 48 heavy (non-hydrogen) atoms. The lowest BCUT2D eigenvalue weighted by atomic mass is 10.0. The van der Waals surface area contributed by atoms with Gasteiger partial charge in [-0.2, -0.15) is 0 Å². The van der Waals surface area contributed by atoms with Gasteiger partial charge in [-0.1, -0.05) is 90.5 Å². The lowest BCUT2D eigenvalue weighted by Crippen LogP contribution is -2.31. The fraction of sp³-hybridized carbons (Fsp3) is 0.268. The van der Waals surface area contributed by atoms with E-state index in [1.165, 1.54) is 22.3 Å². The summed E-state index contributed by atoms with van der Waals surface area (Å²) in [5, 5.41) is 4.65. The van der Waals surface area contributed by atoms with Gasteiger partial charge in [-0.25, -0.2) is 0 Å². The lowest BCUT2D eigenvalue weighted by molar-refractivity contribution is 0.0702. The molecule has 0 aliphatic rings. The predicted octanol–water partition coefficient (Wildman–Crippen LogP) is 7.80. The van der Waals surface area contributed by atoms with E-state index in [-0.39, 0.29) is 6.10 Å². The van der Waals surface area contributed by atoms with Crippen molar-refractivity contribution in [3.8, 4) is 23.0 Å². The fourth-order valence-electron chi connectivity index (χ4n) is 6.27. The van der Waals surface area contributed by atoms with Crippen LogP contribution in [0.3, 0.4) is 0 Å². The number of rotatable bonds is 15. The number of hydrogen-bond donors (Lipinski definition) is 0. The molecule has 0 fully saturated rings. The van der Waals surface area contributed by atoms with E-state index in [9.17, 15) is 0 Å². The molecule has 0 N–H and O–H groups in total. The van der Waals surface area contributed by atoms with Crippen molar-refractivity contribution in [3.63, 3.8) is 0 Å². The number of aryl methyl sites for hydroxylation is 3. The molecule has 5 rings (SSSR count). The second kappa shape index (κ2) is 17.0. The van der Waals surface area contributed by atoms with Crippen LogP contribution in [-0.4, -0.2) is 46.9 Å². The Bertz CT molecular complexity index is 1590. The average molecular weight is 681 g/mol. The average Bonchev–Trinajstić information content (AvgIpc) is 3.12. The topological polar surface area (TPSA) is 46.2 Å². The van der Waals surface area contributed by atoms with Crippen molar-refractivity contribution in [3.05, 3.63) is 131 Å². The highest BCUT2D eigenvalue weighted by molar-refractivity contribution is 7.74. The molecule has 0 spiro atoms. The number of hydrogen-bond acceptors (Lipinski definition) is 5. The summed E-state index contributed by atoms with van der Waals surface area (Å²) in [5.74, 6) is 3.48. The summed E-state index contributed by atoms with van der Waals surface area (Å²) < 4.78 is 31.0. The molecule has 0 saturated heterocycles. The Morgan fingerprint density at radius 1 is 0.479 bits per heavy atom. The molecule has 250 valence electrons. The zero-order valence-electron chi connectivity index (χ0n) is 29.0. The van der Waals surface area contributed by atoms with Crippen LogP contribution in [0.5, 0.6) is 23.0 Å². The van der Waals surface area contributed by atoms with Crippen molar-refractivity contribution < 1.29 is 23.7 Å². The number of benzene rings is 5. The van der Waals surface area contributed by atoms with Crippen LogP contribution in [0, 0.1) is 20.8 Å². The van der Waals surface area contributed by atoms with Gasteiger partial charge in [0.2, 0.25) is 0 Å². The Kier molecular flexibility index (Phi) is 12.5. The Hall–Kier alpha value is -3.88. The molecule has 0 atom stereocenters. The molecule has 7 heteroatoms. The molecule has 0 unspecified atom stereocenters. The van der Waals surface area contributed by atoms with Gasteiger partial charge in [0.25, 0.3) is 0 Å². The molecule has 0 heterocycles. The molecular formula is C41H46O5P2. The standard InChI is InChI=1S/C41H46O5P2/c1-29-24-30(2)33(31(3)25-29)26-46-32(27-47(38-20-12-8-16-34(38)42-4)39-21-13-9-17-35(39)43-5)28-48(40-22-14-10-18-36(40)44-6)41-23-15-11-19-37(41)45-7/h8-25,32H,26-28H2,1-7H3. The minimum atomic E-state index is -0.963. The Morgan fingerprint density at radius 2 is 0.792 bits per heavy atom. The summed E-state index contributed by atoms with van der Waals surface area (Å²) in [6, 6.07) is 37.9. The quantitative estimate of drug-likeness (QED) is 0.106. The molecule has 5 aromatic rings. The van der Waals surface area contributed by atoms with Crippen molar-refractivity contribution in [2.75, 3.05) is 40.8 Å². The second-order valence-electron chi connectivity index (χ2n) is 11.7. The molecule has 0 aliphatic carbocycles. The molecule has 5 nitrogen and oxygen atoms in total. The molecule has 5 aromatic carbocycles. The normalized spacial score (nSPS) is 11.3. The largest absolute Gasteiger partial charge is 0.496 e. The van der Waals surface area contributed by atoms with Crippen LogP contribution in [0.1, 0.15) is 22.3 Å². The summed E-state index contributed by atoms with van der Waals surface area (Å²) in [5.41, 5.74) is 5.00. The molecule has 0 bridgehead atoms. The van der Waals surface area contributed by atoms with Gasteiger partial charge in [0.1, 0.15) is 23.0 Å². The molecule has 0 amide bonds. The monoisotopic (exact) mass is 680 g/mol. The zero-order valence-corrected chi connectivity index (χ0v) is 30.8.